The second-order valence-electron chi connectivity index (χ2n) is 3.76. The molecule has 0 heterocycles. The number of likely N-dealkylation sites (N-methyl/N-ethyl adjacent to an activating group) is 1. The van der Waals surface area contributed by atoms with Crippen molar-refractivity contribution in [3.63, 3.8) is 0 Å². The van der Waals surface area contributed by atoms with E-state index >= 15 is 0 Å². The molecule has 0 amide bonds. The van der Waals surface area contributed by atoms with Crippen molar-refractivity contribution in [3.05, 3.63) is 22.2 Å². The minimum Gasteiger partial charge on any atom is -0.396 e. The lowest BCUT2D eigenvalue weighted by Gasteiger charge is -2.21. The van der Waals surface area contributed by atoms with Gasteiger partial charge in [0.2, 0.25) is 10.0 Å². The van der Waals surface area contributed by atoms with Gasteiger partial charge in [-0.05, 0) is 12.1 Å². The smallest absolute Gasteiger partial charge is 0.244 e. The Kier molecular flexibility index (Phi) is 5.88. The molecule has 19 heavy (non-hydrogen) atoms. The summed E-state index contributed by atoms with van der Waals surface area (Å²) in [6, 6.07) is 2.77. The Morgan fingerprint density at radius 1 is 1.37 bits per heavy atom. The molecule has 1 aromatic carbocycles. The molecule has 0 unspecified atom stereocenters. The van der Waals surface area contributed by atoms with Crippen molar-refractivity contribution < 1.29 is 13.2 Å². The maximum absolute atomic E-state index is 12.4. The highest BCUT2D eigenvalue weighted by Crippen LogP contribution is 2.34. The van der Waals surface area contributed by atoms with E-state index in [1.165, 1.54) is 23.5 Å². The van der Waals surface area contributed by atoms with Crippen molar-refractivity contribution in [3.8, 4) is 0 Å². The van der Waals surface area contributed by atoms with Crippen LogP contribution in [0.3, 0.4) is 0 Å². The topological polar surface area (TPSA) is 72.6 Å². The van der Waals surface area contributed by atoms with Gasteiger partial charge in [0.15, 0.2) is 0 Å². The molecule has 1 rings (SSSR count). The third kappa shape index (κ3) is 3.52. The molecule has 0 aromatic heterocycles. The van der Waals surface area contributed by atoms with Crippen LogP contribution in [0.1, 0.15) is 6.92 Å². The van der Waals surface area contributed by atoms with E-state index in [4.69, 9.17) is 33.7 Å². The van der Waals surface area contributed by atoms with Crippen LogP contribution in [-0.2, 0) is 14.8 Å². The van der Waals surface area contributed by atoms with Crippen molar-refractivity contribution in [1.82, 2.24) is 4.31 Å². The van der Waals surface area contributed by atoms with Crippen LogP contribution in [0.2, 0.25) is 10.0 Å². The minimum absolute atomic E-state index is 0.0472. The average Bonchev–Trinajstić information content (AvgIpc) is 2.36. The molecule has 108 valence electrons. The Labute approximate surface area is 123 Å². The summed E-state index contributed by atoms with van der Waals surface area (Å²) in [5.41, 5.74) is 5.71. The van der Waals surface area contributed by atoms with E-state index < -0.39 is 10.0 Å². The molecule has 2 N–H and O–H groups in total. The molecule has 0 aliphatic carbocycles. The Hall–Kier alpha value is -0.530. The van der Waals surface area contributed by atoms with E-state index in [9.17, 15) is 8.42 Å². The van der Waals surface area contributed by atoms with Crippen LogP contribution in [0.15, 0.2) is 17.0 Å². The average molecular weight is 327 g/mol. The molecule has 0 radical (unpaired) electrons. The van der Waals surface area contributed by atoms with Crippen molar-refractivity contribution in [1.29, 1.82) is 0 Å². The summed E-state index contributed by atoms with van der Waals surface area (Å²) in [6.45, 7) is 2.59. The number of hydrogen-bond donors (Lipinski definition) is 1. The molecule has 8 heteroatoms. The van der Waals surface area contributed by atoms with Crippen LogP contribution in [0.5, 0.6) is 0 Å². The molecule has 0 spiro atoms. The van der Waals surface area contributed by atoms with Crippen LogP contribution in [0.25, 0.3) is 0 Å². The monoisotopic (exact) mass is 326 g/mol. The summed E-state index contributed by atoms with van der Waals surface area (Å²) in [7, 11) is -2.20. The Morgan fingerprint density at radius 2 is 2.00 bits per heavy atom. The summed E-state index contributed by atoms with van der Waals surface area (Å²) in [5, 5.41) is 0.173. The highest BCUT2D eigenvalue weighted by atomic mass is 35.5. The van der Waals surface area contributed by atoms with Gasteiger partial charge in [-0.2, -0.15) is 4.31 Å². The summed E-state index contributed by atoms with van der Waals surface area (Å²) < 4.78 is 31.0. The molecule has 1 aromatic rings. The zero-order valence-corrected chi connectivity index (χ0v) is 13.0. The number of benzene rings is 1. The van der Waals surface area contributed by atoms with Crippen molar-refractivity contribution >= 4 is 38.9 Å². The number of sulfonamides is 1. The number of halogens is 2. The molecule has 0 saturated carbocycles. The van der Waals surface area contributed by atoms with Crippen LogP contribution < -0.4 is 5.73 Å². The van der Waals surface area contributed by atoms with Gasteiger partial charge in [-0.15, -0.1) is 0 Å². The van der Waals surface area contributed by atoms with Gasteiger partial charge in [-0.3, -0.25) is 0 Å². The quantitative estimate of drug-likeness (QED) is 0.813. The lowest BCUT2D eigenvalue weighted by Crippen LogP contribution is -2.34. The third-order valence-corrected chi connectivity index (χ3v) is 5.47. The SMILES string of the molecule is CCN(CCOC)S(=O)(=O)c1ccc(Cl)c(N)c1Cl. The fourth-order valence-corrected chi connectivity index (χ4v) is 3.70. The van der Waals surface area contributed by atoms with Crippen LogP contribution in [-0.4, -0.2) is 39.5 Å². The predicted molar refractivity (Wildman–Crippen MR) is 77.2 cm³/mol. The summed E-state index contributed by atoms with van der Waals surface area (Å²) >= 11 is 11.8. The fourth-order valence-electron chi connectivity index (χ4n) is 1.53. The highest BCUT2D eigenvalue weighted by molar-refractivity contribution is 7.89. The molecule has 5 nitrogen and oxygen atoms in total. The second-order valence-corrected chi connectivity index (χ2v) is 6.45. The normalized spacial score (nSPS) is 12.1. The lowest BCUT2D eigenvalue weighted by molar-refractivity contribution is 0.180. The van der Waals surface area contributed by atoms with Crippen LogP contribution >= 0.6 is 23.2 Å². The first kappa shape index (κ1) is 16.5. The van der Waals surface area contributed by atoms with E-state index in [-0.39, 0.29) is 27.2 Å². The maximum atomic E-state index is 12.4. The predicted octanol–water partition coefficient (Wildman–Crippen LogP) is 2.23. The second kappa shape index (κ2) is 6.76. The van der Waals surface area contributed by atoms with Gasteiger partial charge in [-0.25, -0.2) is 8.42 Å². The van der Waals surface area contributed by atoms with Crippen LogP contribution in [0, 0.1) is 0 Å². The van der Waals surface area contributed by atoms with Gasteiger partial charge in [0.1, 0.15) is 4.90 Å². The first-order chi connectivity index (χ1) is 8.86. The van der Waals surface area contributed by atoms with Crippen molar-refractivity contribution in [2.75, 3.05) is 32.5 Å². The van der Waals surface area contributed by atoms with Gasteiger partial charge in [0.25, 0.3) is 0 Å². The number of ether oxygens (including phenoxy) is 1. The lowest BCUT2D eigenvalue weighted by atomic mass is 10.3. The zero-order valence-electron chi connectivity index (χ0n) is 10.7. The van der Waals surface area contributed by atoms with E-state index in [1.54, 1.807) is 6.92 Å². The summed E-state index contributed by atoms with van der Waals surface area (Å²) in [5.74, 6) is 0. The molecule has 0 atom stereocenters. The van der Waals surface area contributed by atoms with E-state index in [2.05, 4.69) is 0 Å². The Morgan fingerprint density at radius 3 is 2.53 bits per heavy atom. The largest absolute Gasteiger partial charge is 0.396 e. The van der Waals surface area contributed by atoms with Gasteiger partial charge in [0, 0.05) is 20.2 Å². The van der Waals surface area contributed by atoms with E-state index in [1.807, 2.05) is 0 Å². The minimum atomic E-state index is -3.71. The van der Waals surface area contributed by atoms with E-state index in [0.29, 0.717) is 13.2 Å². The maximum Gasteiger partial charge on any atom is 0.244 e. The van der Waals surface area contributed by atoms with Gasteiger partial charge >= 0.3 is 0 Å². The Bertz CT molecular complexity index is 549. The van der Waals surface area contributed by atoms with Crippen LogP contribution in [0.4, 0.5) is 5.69 Å². The fraction of sp³-hybridized carbons (Fsp3) is 0.455. The van der Waals surface area contributed by atoms with Gasteiger partial charge < -0.3 is 10.5 Å². The highest BCUT2D eigenvalue weighted by Gasteiger charge is 2.26. The standard InChI is InChI=1S/C11H16Cl2N2O3S/c1-3-15(6-7-18-2)19(16,17)9-5-4-8(12)11(14)10(9)13/h4-5H,3,6-7,14H2,1-2H3. The van der Waals surface area contributed by atoms with Crippen molar-refractivity contribution in [2.45, 2.75) is 11.8 Å². The summed E-state index contributed by atoms with van der Waals surface area (Å²) in [6.07, 6.45) is 0. The zero-order chi connectivity index (χ0) is 14.6. The number of hydrogen-bond acceptors (Lipinski definition) is 4. The molecule has 0 fully saturated rings. The number of methoxy groups -OCH3 is 1. The number of anilines is 1. The molecular weight excluding hydrogens is 311 g/mol. The first-order valence-electron chi connectivity index (χ1n) is 5.58. The van der Waals surface area contributed by atoms with Gasteiger partial charge in [0.05, 0.1) is 22.3 Å². The molecule has 0 bridgehead atoms. The first-order valence-corrected chi connectivity index (χ1v) is 7.78. The summed E-state index contributed by atoms with van der Waals surface area (Å²) in [4.78, 5) is -0.0472. The molecular formula is C11H16Cl2N2O3S. The number of nitrogens with zero attached hydrogens (tertiary/aromatic N) is 1. The number of rotatable bonds is 6. The number of nitrogen functional groups attached to an aromatic ring is 1. The molecule has 0 aliphatic rings. The van der Waals surface area contributed by atoms with Gasteiger partial charge in [-0.1, -0.05) is 30.1 Å². The number of nitrogens with two attached hydrogens (primary N) is 1. The van der Waals surface area contributed by atoms with E-state index in [0.717, 1.165) is 0 Å². The molecule has 0 saturated heterocycles. The molecule has 0 aliphatic heterocycles. The Balaban J connectivity index is 3.22. The third-order valence-electron chi connectivity index (χ3n) is 2.61. The van der Waals surface area contributed by atoms with Crippen molar-refractivity contribution in [2.24, 2.45) is 0 Å².